The van der Waals surface area contributed by atoms with Gasteiger partial charge in [0.2, 0.25) is 5.91 Å². The molecule has 4 rings (SSSR count). The average Bonchev–Trinajstić information content (AvgIpc) is 3.26. The summed E-state index contributed by atoms with van der Waals surface area (Å²) in [6.07, 6.45) is 5.33. The number of fused-ring (bicyclic) bond motifs is 1. The maximum absolute atomic E-state index is 12.5. The van der Waals surface area contributed by atoms with E-state index in [1.165, 1.54) is 4.90 Å². The van der Waals surface area contributed by atoms with Gasteiger partial charge in [-0.3, -0.25) is 9.59 Å². The first-order chi connectivity index (χ1) is 15.0. The van der Waals surface area contributed by atoms with Crippen molar-refractivity contribution in [3.05, 3.63) is 48.4 Å². The van der Waals surface area contributed by atoms with Crippen molar-refractivity contribution >= 4 is 34.4 Å². The third-order valence-corrected chi connectivity index (χ3v) is 5.39. The number of anilines is 2. The van der Waals surface area contributed by atoms with Gasteiger partial charge in [0.05, 0.1) is 11.9 Å². The smallest absolute Gasteiger partial charge is 0.253 e. The summed E-state index contributed by atoms with van der Waals surface area (Å²) in [7, 11) is 3.43. The molecule has 2 amide bonds. The van der Waals surface area contributed by atoms with Crippen LogP contribution < -0.4 is 15.5 Å². The van der Waals surface area contributed by atoms with Crippen LogP contribution in [0, 0.1) is 0 Å². The number of aromatic nitrogens is 3. The third kappa shape index (κ3) is 4.76. The Morgan fingerprint density at radius 2 is 2.13 bits per heavy atom. The van der Waals surface area contributed by atoms with Crippen molar-refractivity contribution < 1.29 is 9.59 Å². The molecule has 0 bridgehead atoms. The predicted octanol–water partition coefficient (Wildman–Crippen LogP) is 1.86. The fourth-order valence-electron chi connectivity index (χ4n) is 3.88. The molecule has 2 aromatic heterocycles. The van der Waals surface area contributed by atoms with E-state index < -0.39 is 0 Å². The maximum atomic E-state index is 12.5. The summed E-state index contributed by atoms with van der Waals surface area (Å²) in [5.41, 5.74) is 2.14. The van der Waals surface area contributed by atoms with E-state index in [-0.39, 0.29) is 24.4 Å². The molecule has 9 nitrogen and oxygen atoms in total. The average molecular weight is 422 g/mol. The second-order valence-corrected chi connectivity index (χ2v) is 7.92. The summed E-state index contributed by atoms with van der Waals surface area (Å²) in [5, 5.41) is 7.22. The Morgan fingerprint density at radius 3 is 2.97 bits per heavy atom. The van der Waals surface area contributed by atoms with Crippen molar-refractivity contribution in [3.8, 4) is 0 Å². The van der Waals surface area contributed by atoms with Gasteiger partial charge in [-0.15, -0.1) is 0 Å². The zero-order chi connectivity index (χ0) is 21.8. The van der Waals surface area contributed by atoms with Crippen molar-refractivity contribution in [1.29, 1.82) is 0 Å². The Kier molecular flexibility index (Phi) is 6.01. The first-order valence-corrected chi connectivity index (χ1v) is 10.4. The van der Waals surface area contributed by atoms with E-state index in [0.29, 0.717) is 12.1 Å². The highest BCUT2D eigenvalue weighted by atomic mass is 16.2. The largest absolute Gasteiger partial charge is 0.376 e. The molecular weight excluding hydrogens is 394 g/mol. The molecule has 1 aromatic carbocycles. The lowest BCUT2D eigenvalue weighted by Gasteiger charge is -2.34. The molecule has 162 valence electrons. The van der Waals surface area contributed by atoms with Crippen molar-refractivity contribution in [2.24, 2.45) is 0 Å². The van der Waals surface area contributed by atoms with Gasteiger partial charge in [-0.1, -0.05) is 6.07 Å². The monoisotopic (exact) mass is 421 g/mol. The molecule has 0 spiro atoms. The van der Waals surface area contributed by atoms with E-state index in [1.807, 2.05) is 18.3 Å². The number of aromatic amines is 1. The number of piperidine rings is 1. The molecular formula is C22H27N7O2. The van der Waals surface area contributed by atoms with Crippen LogP contribution in [0.1, 0.15) is 23.2 Å². The number of nitrogens with zero attached hydrogens (tertiary/aromatic N) is 4. The molecule has 3 heterocycles. The fourth-order valence-corrected chi connectivity index (χ4v) is 3.88. The lowest BCUT2D eigenvalue weighted by Crippen LogP contribution is -2.49. The number of carbonyl (C=O) groups excluding carboxylic acids is 2. The van der Waals surface area contributed by atoms with Crippen LogP contribution in [0.25, 0.3) is 11.0 Å². The van der Waals surface area contributed by atoms with Gasteiger partial charge in [0.15, 0.2) is 0 Å². The lowest BCUT2D eigenvalue weighted by molar-refractivity contribution is -0.120. The number of hydrogen-bond donors (Lipinski definition) is 3. The number of amides is 2. The topological polar surface area (TPSA) is 106 Å². The normalized spacial score (nSPS) is 16.2. The van der Waals surface area contributed by atoms with Crippen molar-refractivity contribution in [3.63, 3.8) is 0 Å². The van der Waals surface area contributed by atoms with Crippen LogP contribution in [0.15, 0.2) is 42.9 Å². The van der Waals surface area contributed by atoms with Crippen molar-refractivity contribution in [2.45, 2.75) is 18.9 Å². The van der Waals surface area contributed by atoms with Gasteiger partial charge in [0.25, 0.3) is 5.91 Å². The van der Waals surface area contributed by atoms with Crippen LogP contribution in [0.5, 0.6) is 0 Å². The molecule has 3 aromatic rings. The standard InChI is InChI=1S/C22H27N7O2/c1-28(2)22(31)15-5-3-6-16(11-15)24-12-19(30)27-17-7-4-10-29(13-17)21-18-8-9-23-20(18)25-14-26-21/h3,5-6,8-9,11,14,17,24H,4,7,10,12-13H2,1-2H3,(H,27,30)(H,23,25,26)/t17-/m0/s1. The number of benzene rings is 1. The number of H-pyrrole nitrogens is 1. The second kappa shape index (κ2) is 9.03. The Labute approximate surface area is 180 Å². The molecule has 1 fully saturated rings. The van der Waals surface area contributed by atoms with Crippen LogP contribution >= 0.6 is 0 Å². The molecule has 1 saturated heterocycles. The van der Waals surface area contributed by atoms with Crippen molar-refractivity contribution in [1.82, 2.24) is 25.2 Å². The third-order valence-electron chi connectivity index (χ3n) is 5.39. The molecule has 0 radical (unpaired) electrons. The number of nitrogens with one attached hydrogen (secondary N) is 3. The minimum Gasteiger partial charge on any atom is -0.376 e. The lowest BCUT2D eigenvalue weighted by atomic mass is 10.1. The number of carbonyl (C=O) groups is 2. The van der Waals surface area contributed by atoms with Gasteiger partial charge in [0.1, 0.15) is 17.8 Å². The van der Waals surface area contributed by atoms with Gasteiger partial charge in [0, 0.05) is 50.7 Å². The summed E-state index contributed by atoms with van der Waals surface area (Å²) in [5.74, 6) is 0.744. The van der Waals surface area contributed by atoms with Crippen LogP contribution in [-0.2, 0) is 4.79 Å². The molecule has 31 heavy (non-hydrogen) atoms. The number of hydrogen-bond acceptors (Lipinski definition) is 6. The van der Waals surface area contributed by atoms with E-state index in [4.69, 9.17) is 0 Å². The van der Waals surface area contributed by atoms with Gasteiger partial charge in [-0.25, -0.2) is 9.97 Å². The predicted molar refractivity (Wildman–Crippen MR) is 120 cm³/mol. The quantitative estimate of drug-likeness (QED) is 0.561. The van der Waals surface area contributed by atoms with E-state index in [9.17, 15) is 9.59 Å². The zero-order valence-corrected chi connectivity index (χ0v) is 17.8. The Hall–Kier alpha value is -3.62. The molecule has 1 atom stereocenters. The second-order valence-electron chi connectivity index (χ2n) is 7.92. The van der Waals surface area contributed by atoms with E-state index >= 15 is 0 Å². The maximum Gasteiger partial charge on any atom is 0.253 e. The SMILES string of the molecule is CN(C)C(=O)c1cccc(NCC(=O)N[C@H]2CCCN(c3ncnc4[nH]ccc34)C2)c1. The first kappa shape index (κ1) is 20.6. The van der Waals surface area contributed by atoms with Crippen LogP contribution in [0.2, 0.25) is 0 Å². The highest BCUT2D eigenvalue weighted by Crippen LogP contribution is 2.25. The first-order valence-electron chi connectivity index (χ1n) is 10.4. The molecule has 0 saturated carbocycles. The van der Waals surface area contributed by atoms with Crippen molar-refractivity contribution in [2.75, 3.05) is 43.9 Å². The van der Waals surface area contributed by atoms with Gasteiger partial charge < -0.3 is 25.4 Å². The van der Waals surface area contributed by atoms with Gasteiger partial charge >= 0.3 is 0 Å². The van der Waals surface area contributed by atoms with Gasteiger partial charge in [-0.2, -0.15) is 0 Å². The highest BCUT2D eigenvalue weighted by Gasteiger charge is 2.24. The summed E-state index contributed by atoms with van der Waals surface area (Å²) in [6.45, 7) is 1.75. The van der Waals surface area contributed by atoms with Crippen LogP contribution in [0.4, 0.5) is 11.5 Å². The number of rotatable bonds is 6. The fraction of sp³-hybridized carbons (Fsp3) is 0.364. The highest BCUT2D eigenvalue weighted by molar-refractivity contribution is 5.95. The van der Waals surface area contributed by atoms with E-state index in [2.05, 4.69) is 30.5 Å². The van der Waals surface area contributed by atoms with Crippen LogP contribution in [0.3, 0.4) is 0 Å². The minimum absolute atomic E-state index is 0.0497. The molecule has 3 N–H and O–H groups in total. The Morgan fingerprint density at radius 1 is 1.26 bits per heavy atom. The molecule has 0 aliphatic carbocycles. The molecule has 9 heteroatoms. The van der Waals surface area contributed by atoms with E-state index in [1.54, 1.807) is 38.6 Å². The Bertz CT molecular complexity index is 1080. The summed E-state index contributed by atoms with van der Waals surface area (Å²) < 4.78 is 0. The molecule has 1 aliphatic heterocycles. The van der Waals surface area contributed by atoms with Crippen LogP contribution in [-0.4, -0.2) is 71.4 Å². The minimum atomic E-state index is -0.0781. The molecule has 0 unspecified atom stereocenters. The Balaban J connectivity index is 1.33. The van der Waals surface area contributed by atoms with Gasteiger partial charge in [-0.05, 0) is 37.1 Å². The summed E-state index contributed by atoms with van der Waals surface area (Å²) in [4.78, 5) is 40.2. The summed E-state index contributed by atoms with van der Waals surface area (Å²) in [6, 6.07) is 9.20. The van der Waals surface area contributed by atoms with E-state index in [0.717, 1.165) is 41.9 Å². The molecule has 1 aliphatic rings. The zero-order valence-electron chi connectivity index (χ0n) is 17.8. The summed E-state index contributed by atoms with van der Waals surface area (Å²) >= 11 is 0.